The van der Waals surface area contributed by atoms with E-state index in [2.05, 4.69) is 98.6 Å². The van der Waals surface area contributed by atoms with Crippen molar-refractivity contribution in [2.45, 2.75) is 12.4 Å². The lowest BCUT2D eigenvalue weighted by Gasteiger charge is -2.22. The molecule has 4 aromatic heterocycles. The van der Waals surface area contributed by atoms with Gasteiger partial charge in [0.2, 0.25) is 0 Å². The molecule has 4 heterocycles. The fraction of sp³-hybridized carbons (Fsp3) is 0.0290. The second-order valence-electron chi connectivity index (χ2n) is 20.1. The molecule has 0 N–H and O–H groups in total. The Morgan fingerprint density at radius 2 is 0.675 bits per heavy atom. The monoisotopic (exact) mass is 1050 g/mol. The molecule has 0 saturated heterocycles. The van der Waals surface area contributed by atoms with E-state index in [0.717, 1.165) is 93.6 Å². The lowest BCUT2D eigenvalue weighted by atomic mass is 9.90. The number of hydrogen-bond acceptors (Lipinski definition) is 1. The second kappa shape index (κ2) is 17.3. The molecule has 0 saturated carbocycles. The zero-order valence-corrected chi connectivity index (χ0v) is 42.0. The van der Waals surface area contributed by atoms with Crippen molar-refractivity contribution >= 4 is 87.2 Å². The van der Waals surface area contributed by atoms with Crippen LogP contribution in [0.5, 0.6) is 0 Å². The molecular weight excluding hydrogens is 1010 g/mol. The molecule has 80 heavy (non-hydrogen) atoms. The highest BCUT2D eigenvalue weighted by Crippen LogP contribution is 2.49. The van der Waals surface area contributed by atoms with Gasteiger partial charge in [-0.15, -0.1) is 0 Å². The molecule has 11 aromatic carbocycles. The van der Waals surface area contributed by atoms with E-state index >= 15 is 26.3 Å². The topological polar surface area (TPSA) is 43.5 Å². The second-order valence-corrected chi connectivity index (χ2v) is 20.1. The van der Waals surface area contributed by atoms with E-state index in [9.17, 15) is 5.26 Å². The van der Waals surface area contributed by atoms with E-state index < -0.39 is 29.0 Å². The first-order chi connectivity index (χ1) is 38.9. The van der Waals surface area contributed by atoms with Crippen LogP contribution in [0.4, 0.5) is 26.3 Å². The summed E-state index contributed by atoms with van der Waals surface area (Å²) in [5.74, 6) is 0. The summed E-state index contributed by atoms with van der Waals surface area (Å²) in [4.78, 5) is 0. The Bertz CT molecular complexity index is 5000. The number of nitriles is 1. The van der Waals surface area contributed by atoms with E-state index in [1.54, 1.807) is 18.2 Å². The van der Waals surface area contributed by atoms with Gasteiger partial charge in [-0.3, -0.25) is 0 Å². The van der Waals surface area contributed by atoms with Gasteiger partial charge in [0, 0.05) is 71.2 Å². The number of aromatic nitrogens is 4. The highest BCUT2D eigenvalue weighted by molar-refractivity contribution is 6.15. The minimum Gasteiger partial charge on any atom is -0.309 e. The van der Waals surface area contributed by atoms with Gasteiger partial charge in [0.05, 0.1) is 78.3 Å². The Labute approximate surface area is 451 Å². The van der Waals surface area contributed by atoms with Gasteiger partial charge in [-0.2, -0.15) is 31.6 Å². The molecule has 0 atom stereocenters. The summed E-state index contributed by atoms with van der Waals surface area (Å²) in [6.07, 6.45) is -10.3. The fourth-order valence-corrected chi connectivity index (χ4v) is 12.6. The van der Waals surface area contributed by atoms with E-state index in [0.29, 0.717) is 51.2 Å². The van der Waals surface area contributed by atoms with Gasteiger partial charge < -0.3 is 18.3 Å². The SMILES string of the molecule is N#Cc1ccc(-n2c3ccccc3c3cc(-n4c5ccccc5c5ccccc54)ccc32)c(-c2ccc(-c3c(C(F)(F)F)cccc3C(F)(F)F)cc2-n2c3ccccc3c3cc(-n4c5ccccc5c5ccccc54)ccc32)c1. The largest absolute Gasteiger partial charge is 0.417 e. The van der Waals surface area contributed by atoms with Crippen LogP contribution in [0.1, 0.15) is 16.7 Å². The average Bonchev–Trinajstić information content (AvgIpc) is 4.42. The molecule has 0 aliphatic heterocycles. The van der Waals surface area contributed by atoms with Gasteiger partial charge in [0.25, 0.3) is 0 Å². The number of halogens is 6. The summed E-state index contributed by atoms with van der Waals surface area (Å²) in [7, 11) is 0. The fourth-order valence-electron chi connectivity index (χ4n) is 12.6. The first-order valence-electron chi connectivity index (χ1n) is 26.0. The number of hydrogen-bond donors (Lipinski definition) is 0. The summed E-state index contributed by atoms with van der Waals surface area (Å²) in [6, 6.07) is 75.2. The van der Waals surface area contributed by atoms with Crippen molar-refractivity contribution in [2.75, 3.05) is 0 Å². The number of benzene rings is 11. The molecule has 15 aromatic rings. The normalized spacial score (nSPS) is 12.4. The molecule has 0 radical (unpaired) electrons. The van der Waals surface area contributed by atoms with Crippen LogP contribution < -0.4 is 0 Å². The van der Waals surface area contributed by atoms with Crippen LogP contribution in [0.2, 0.25) is 0 Å². The Kier molecular flexibility index (Phi) is 10.2. The molecule has 0 bridgehead atoms. The first kappa shape index (κ1) is 46.9. The number of nitrogens with zero attached hydrogens (tertiary/aromatic N) is 5. The maximum atomic E-state index is 15.2. The Morgan fingerprint density at radius 1 is 0.300 bits per heavy atom. The van der Waals surface area contributed by atoms with Crippen LogP contribution in [-0.2, 0) is 12.4 Å². The Hall–Kier alpha value is -10.3. The number of alkyl halides is 6. The van der Waals surface area contributed by atoms with E-state index in [1.165, 1.54) is 12.1 Å². The lowest BCUT2D eigenvalue weighted by Crippen LogP contribution is -2.14. The van der Waals surface area contributed by atoms with Crippen LogP contribution in [0, 0.1) is 11.3 Å². The van der Waals surface area contributed by atoms with Crippen LogP contribution in [0.15, 0.2) is 237 Å². The quantitative estimate of drug-likeness (QED) is 0.153. The smallest absolute Gasteiger partial charge is 0.309 e. The predicted molar refractivity (Wildman–Crippen MR) is 309 cm³/mol. The third-order valence-electron chi connectivity index (χ3n) is 15.8. The molecule has 15 rings (SSSR count). The third-order valence-corrected chi connectivity index (χ3v) is 15.8. The van der Waals surface area contributed by atoms with E-state index in [-0.39, 0.29) is 5.56 Å². The minimum absolute atomic E-state index is 0.288. The molecule has 5 nitrogen and oxygen atoms in total. The summed E-state index contributed by atoms with van der Waals surface area (Å²) in [6.45, 7) is 0. The van der Waals surface area contributed by atoms with Crippen molar-refractivity contribution in [3.8, 4) is 51.1 Å². The third kappa shape index (κ3) is 6.98. The van der Waals surface area contributed by atoms with Crippen molar-refractivity contribution in [3.05, 3.63) is 253 Å². The highest BCUT2D eigenvalue weighted by Gasteiger charge is 2.41. The van der Waals surface area contributed by atoms with Crippen LogP contribution >= 0.6 is 0 Å². The van der Waals surface area contributed by atoms with E-state index in [4.69, 9.17) is 0 Å². The number of fused-ring (bicyclic) bond motifs is 12. The van der Waals surface area contributed by atoms with Gasteiger partial charge in [-0.1, -0.05) is 127 Å². The molecule has 0 unspecified atom stereocenters. The summed E-state index contributed by atoms with van der Waals surface area (Å²) < 4.78 is 99.5. The molecule has 11 heteroatoms. The predicted octanol–water partition coefficient (Wildman–Crippen LogP) is 19.3. The minimum atomic E-state index is -5.14. The maximum absolute atomic E-state index is 15.2. The standard InChI is InChI=1S/C69H39F6N5/c70-68(71,72)55-20-13-21-56(69(73,74)75)67(55)42-29-32-51(66(37-42)80-62-27-12-6-19-50(62)54-39-44(31-35-65(54)80)78-59-24-9-3-16-47(59)48-17-4-10-25-60(48)78)52-36-41(40-76)28-33-63(52)79-61-26-11-5-18-49(61)53-38-43(30-34-64(53)79)77-57-22-7-1-14-45(57)46-15-2-8-23-58(46)77/h1-39H. The molecule has 382 valence electrons. The summed E-state index contributed by atoms with van der Waals surface area (Å²) in [5, 5.41) is 18.5. The Morgan fingerprint density at radius 3 is 1.09 bits per heavy atom. The molecule has 0 amide bonds. The summed E-state index contributed by atoms with van der Waals surface area (Å²) >= 11 is 0. The average molecular weight is 1050 g/mol. The van der Waals surface area contributed by atoms with Crippen LogP contribution in [0.25, 0.3) is 132 Å². The van der Waals surface area contributed by atoms with Crippen LogP contribution in [-0.4, -0.2) is 18.3 Å². The van der Waals surface area contributed by atoms with Gasteiger partial charge in [0.1, 0.15) is 0 Å². The summed E-state index contributed by atoms with van der Waals surface area (Å²) in [5.41, 5.74) is 7.00. The van der Waals surface area contributed by atoms with E-state index in [1.807, 2.05) is 114 Å². The van der Waals surface area contributed by atoms with Gasteiger partial charge in [-0.05, 0) is 115 Å². The van der Waals surface area contributed by atoms with Gasteiger partial charge in [0.15, 0.2) is 0 Å². The number of rotatable bonds is 6. The van der Waals surface area contributed by atoms with Crippen molar-refractivity contribution in [3.63, 3.8) is 0 Å². The van der Waals surface area contributed by atoms with Crippen molar-refractivity contribution in [1.82, 2.24) is 18.3 Å². The number of para-hydroxylation sites is 6. The van der Waals surface area contributed by atoms with Crippen molar-refractivity contribution in [1.29, 1.82) is 5.26 Å². The Balaban J connectivity index is 1.02. The molecule has 0 aliphatic carbocycles. The van der Waals surface area contributed by atoms with Gasteiger partial charge >= 0.3 is 12.4 Å². The molecule has 0 spiro atoms. The molecule has 0 aliphatic rings. The van der Waals surface area contributed by atoms with Crippen LogP contribution in [0.3, 0.4) is 0 Å². The highest BCUT2D eigenvalue weighted by atomic mass is 19.4. The maximum Gasteiger partial charge on any atom is 0.417 e. The van der Waals surface area contributed by atoms with Crippen molar-refractivity contribution in [2.24, 2.45) is 0 Å². The first-order valence-corrected chi connectivity index (χ1v) is 26.0. The van der Waals surface area contributed by atoms with Gasteiger partial charge in [-0.25, -0.2) is 0 Å². The molecular formula is C69H39F6N5. The zero-order valence-electron chi connectivity index (χ0n) is 42.0. The molecule has 0 fully saturated rings. The van der Waals surface area contributed by atoms with Crippen molar-refractivity contribution < 1.29 is 26.3 Å². The zero-order chi connectivity index (χ0) is 54.2. The lowest BCUT2D eigenvalue weighted by molar-refractivity contribution is -0.142.